The molecule has 1 N–H and O–H groups in total. The summed E-state index contributed by atoms with van der Waals surface area (Å²) >= 11 is 0. The first-order chi connectivity index (χ1) is 9.24. The molecule has 1 aromatic carbocycles. The van der Waals surface area contributed by atoms with Crippen LogP contribution in [0.15, 0.2) is 30.3 Å². The Morgan fingerprint density at radius 1 is 1.05 bits per heavy atom. The minimum absolute atomic E-state index is 0.341. The van der Waals surface area contributed by atoms with Gasteiger partial charge in [-0.1, -0.05) is 63.3 Å². The molecular weight excluding hydrogens is 236 g/mol. The first-order valence-electron chi connectivity index (χ1n) is 7.24. The second-order valence-electron chi connectivity index (χ2n) is 4.89. The molecule has 0 unspecified atom stereocenters. The molecule has 1 rings (SSSR count). The predicted octanol–water partition coefficient (Wildman–Crippen LogP) is 5.15. The third-order valence-corrected chi connectivity index (χ3v) is 3.19. The van der Waals surface area contributed by atoms with E-state index >= 15 is 0 Å². The predicted molar refractivity (Wildman–Crippen MR) is 80.4 cm³/mol. The van der Waals surface area contributed by atoms with Gasteiger partial charge in [-0.15, -0.1) is 0 Å². The molecule has 1 aromatic rings. The van der Waals surface area contributed by atoms with Crippen molar-refractivity contribution in [3.8, 4) is 0 Å². The lowest BCUT2D eigenvalue weighted by Gasteiger charge is -1.98. The van der Waals surface area contributed by atoms with Crippen LogP contribution in [0.4, 0.5) is 0 Å². The van der Waals surface area contributed by atoms with Crippen LogP contribution in [0.25, 0.3) is 6.08 Å². The van der Waals surface area contributed by atoms with Gasteiger partial charge in [-0.25, -0.2) is 4.79 Å². The van der Waals surface area contributed by atoms with Crippen LogP contribution in [-0.4, -0.2) is 11.1 Å². The Morgan fingerprint density at radius 3 is 2.32 bits per heavy atom. The highest BCUT2D eigenvalue weighted by Gasteiger charge is 1.99. The molecule has 104 valence electrons. The Labute approximate surface area is 116 Å². The van der Waals surface area contributed by atoms with Crippen molar-refractivity contribution >= 4 is 12.0 Å². The van der Waals surface area contributed by atoms with Crippen LogP contribution < -0.4 is 0 Å². The number of carbonyl (C=O) groups is 1. The summed E-state index contributed by atoms with van der Waals surface area (Å²) in [5.41, 5.74) is 1.41. The monoisotopic (exact) mass is 260 g/mol. The number of benzene rings is 1. The molecule has 2 heteroatoms. The minimum atomic E-state index is -0.873. The summed E-state index contributed by atoms with van der Waals surface area (Å²) in [6.07, 6.45) is 13.2. The Hall–Kier alpha value is -1.57. The normalized spacial score (nSPS) is 11.0. The minimum Gasteiger partial charge on any atom is -0.478 e. The number of hydrogen-bond acceptors (Lipinski definition) is 1. The van der Waals surface area contributed by atoms with Crippen molar-refractivity contribution in [2.45, 2.75) is 51.9 Å². The number of allylic oxidation sites excluding steroid dienone is 1. The summed E-state index contributed by atoms with van der Waals surface area (Å²) in [5.74, 6) is -0.873. The van der Waals surface area contributed by atoms with Crippen molar-refractivity contribution in [2.24, 2.45) is 0 Å². The molecule has 0 heterocycles. The van der Waals surface area contributed by atoms with Crippen molar-refractivity contribution in [1.29, 1.82) is 0 Å². The van der Waals surface area contributed by atoms with Crippen molar-refractivity contribution in [2.75, 3.05) is 0 Å². The van der Waals surface area contributed by atoms with E-state index in [2.05, 4.69) is 19.1 Å². The van der Waals surface area contributed by atoms with Gasteiger partial charge in [0.1, 0.15) is 0 Å². The fourth-order valence-corrected chi connectivity index (χ4v) is 2.00. The van der Waals surface area contributed by atoms with E-state index in [0.29, 0.717) is 5.56 Å². The maximum absolute atomic E-state index is 10.7. The highest BCUT2D eigenvalue weighted by molar-refractivity contribution is 5.87. The second-order valence-corrected chi connectivity index (χ2v) is 4.89. The molecule has 0 spiro atoms. The van der Waals surface area contributed by atoms with Crippen LogP contribution in [0.3, 0.4) is 0 Å². The molecule has 0 aliphatic carbocycles. The maximum Gasteiger partial charge on any atom is 0.335 e. The molecular formula is C17H24O2. The van der Waals surface area contributed by atoms with E-state index < -0.39 is 5.97 Å². The summed E-state index contributed by atoms with van der Waals surface area (Å²) in [5, 5.41) is 8.79. The van der Waals surface area contributed by atoms with Gasteiger partial charge in [-0.3, -0.25) is 0 Å². The molecule has 0 saturated heterocycles. The summed E-state index contributed by atoms with van der Waals surface area (Å²) < 4.78 is 0. The first kappa shape index (κ1) is 15.5. The quantitative estimate of drug-likeness (QED) is 0.623. The molecule has 0 bridgehead atoms. The van der Waals surface area contributed by atoms with Gasteiger partial charge in [-0.2, -0.15) is 0 Å². The largest absolute Gasteiger partial charge is 0.478 e. The van der Waals surface area contributed by atoms with Gasteiger partial charge in [0, 0.05) is 0 Å². The number of unbranched alkanes of at least 4 members (excludes halogenated alkanes) is 6. The van der Waals surface area contributed by atoms with E-state index in [1.54, 1.807) is 12.1 Å². The zero-order valence-corrected chi connectivity index (χ0v) is 11.8. The van der Waals surface area contributed by atoms with E-state index in [9.17, 15) is 4.79 Å². The van der Waals surface area contributed by atoms with E-state index in [4.69, 9.17) is 5.11 Å². The molecule has 0 aliphatic heterocycles. The zero-order valence-electron chi connectivity index (χ0n) is 11.8. The van der Waals surface area contributed by atoms with E-state index in [-0.39, 0.29) is 0 Å². The lowest BCUT2D eigenvalue weighted by Crippen LogP contribution is -1.94. The van der Waals surface area contributed by atoms with Crippen molar-refractivity contribution in [1.82, 2.24) is 0 Å². The van der Waals surface area contributed by atoms with Crippen LogP contribution >= 0.6 is 0 Å². The van der Waals surface area contributed by atoms with Gasteiger partial charge in [0.2, 0.25) is 0 Å². The summed E-state index contributed by atoms with van der Waals surface area (Å²) in [4.78, 5) is 10.7. The highest BCUT2D eigenvalue weighted by Crippen LogP contribution is 2.10. The summed E-state index contributed by atoms with van der Waals surface area (Å²) in [7, 11) is 0. The van der Waals surface area contributed by atoms with Gasteiger partial charge in [0.05, 0.1) is 5.56 Å². The molecule has 0 amide bonds. The van der Waals surface area contributed by atoms with Gasteiger partial charge >= 0.3 is 5.97 Å². The van der Waals surface area contributed by atoms with E-state index in [1.165, 1.54) is 38.5 Å². The standard InChI is InChI=1S/C17H24O2/c1-2-3-4-5-6-7-8-9-10-15-11-13-16(14-12-15)17(18)19/h9-14H,2-8H2,1H3,(H,18,19)/b10-9+. The molecule has 0 aliphatic rings. The average Bonchev–Trinajstić information content (AvgIpc) is 2.42. The number of hydrogen-bond donors (Lipinski definition) is 1. The highest BCUT2D eigenvalue weighted by atomic mass is 16.4. The Morgan fingerprint density at radius 2 is 1.68 bits per heavy atom. The molecule has 0 fully saturated rings. The van der Waals surface area contributed by atoms with E-state index in [1.807, 2.05) is 12.1 Å². The molecule has 0 saturated carbocycles. The molecule has 2 nitrogen and oxygen atoms in total. The second kappa shape index (κ2) is 9.37. The van der Waals surface area contributed by atoms with E-state index in [0.717, 1.165) is 12.0 Å². The topological polar surface area (TPSA) is 37.3 Å². The van der Waals surface area contributed by atoms with Crippen molar-refractivity contribution in [3.63, 3.8) is 0 Å². The third kappa shape index (κ3) is 6.80. The maximum atomic E-state index is 10.7. The Kier molecular flexibility index (Phi) is 7.64. The Balaban J connectivity index is 2.20. The molecule has 0 radical (unpaired) electrons. The van der Waals surface area contributed by atoms with Crippen LogP contribution in [0.2, 0.25) is 0 Å². The van der Waals surface area contributed by atoms with Crippen molar-refractivity contribution in [3.05, 3.63) is 41.5 Å². The van der Waals surface area contributed by atoms with Gasteiger partial charge in [0.25, 0.3) is 0 Å². The van der Waals surface area contributed by atoms with Gasteiger partial charge in [-0.05, 0) is 30.5 Å². The number of aromatic carboxylic acids is 1. The van der Waals surface area contributed by atoms with Crippen LogP contribution in [0, 0.1) is 0 Å². The SMILES string of the molecule is CCCCCCCC/C=C/c1ccc(C(=O)O)cc1. The van der Waals surface area contributed by atoms with Crippen molar-refractivity contribution < 1.29 is 9.90 Å². The van der Waals surface area contributed by atoms with Gasteiger partial charge < -0.3 is 5.11 Å². The van der Waals surface area contributed by atoms with Crippen LogP contribution in [0.5, 0.6) is 0 Å². The Bertz CT molecular complexity index is 390. The number of carboxylic acid groups (broad SMARTS) is 1. The lowest BCUT2D eigenvalue weighted by molar-refractivity contribution is 0.0697. The third-order valence-electron chi connectivity index (χ3n) is 3.19. The lowest BCUT2D eigenvalue weighted by atomic mass is 10.1. The fourth-order valence-electron chi connectivity index (χ4n) is 2.00. The fraction of sp³-hybridized carbons (Fsp3) is 0.471. The molecule has 0 aromatic heterocycles. The molecule has 0 atom stereocenters. The average molecular weight is 260 g/mol. The zero-order chi connectivity index (χ0) is 13.9. The first-order valence-corrected chi connectivity index (χ1v) is 7.24. The molecule has 19 heavy (non-hydrogen) atoms. The number of carboxylic acids is 1. The summed E-state index contributed by atoms with van der Waals surface area (Å²) in [6.45, 7) is 2.23. The number of rotatable bonds is 9. The summed E-state index contributed by atoms with van der Waals surface area (Å²) in [6, 6.07) is 6.99. The van der Waals surface area contributed by atoms with Gasteiger partial charge in [0.15, 0.2) is 0 Å². The smallest absolute Gasteiger partial charge is 0.335 e. The van der Waals surface area contributed by atoms with Crippen LogP contribution in [-0.2, 0) is 0 Å². The van der Waals surface area contributed by atoms with Crippen LogP contribution in [0.1, 0.15) is 67.8 Å².